The fourth-order valence-corrected chi connectivity index (χ4v) is 3.33. The number of nitrogens with one attached hydrogen (secondary N) is 1. The smallest absolute Gasteiger partial charge is 0.254 e. The van der Waals surface area contributed by atoms with E-state index in [9.17, 15) is 4.79 Å². The maximum atomic E-state index is 11.6. The van der Waals surface area contributed by atoms with Crippen molar-refractivity contribution < 1.29 is 4.79 Å². The van der Waals surface area contributed by atoms with Crippen LogP contribution in [0.5, 0.6) is 0 Å². The number of fused-ring (bicyclic) bond motifs is 1. The third-order valence-corrected chi connectivity index (χ3v) is 4.13. The Hall–Kier alpha value is -1.56. The highest BCUT2D eigenvalue weighted by Gasteiger charge is 2.38. The fourth-order valence-electron chi connectivity index (χ4n) is 3.33. The van der Waals surface area contributed by atoms with Crippen LogP contribution in [0.4, 0.5) is 5.82 Å². The molecule has 0 unspecified atom stereocenters. The van der Waals surface area contributed by atoms with Gasteiger partial charge in [0, 0.05) is 33.2 Å². The van der Waals surface area contributed by atoms with E-state index in [0.29, 0.717) is 17.4 Å². The van der Waals surface area contributed by atoms with Crippen LogP contribution in [0.25, 0.3) is 0 Å². The Morgan fingerprint density at radius 1 is 1.39 bits per heavy atom. The first kappa shape index (κ1) is 11.5. The molecule has 2 aliphatic rings. The van der Waals surface area contributed by atoms with Gasteiger partial charge >= 0.3 is 0 Å². The number of nitrogens with two attached hydrogens (primary N) is 1. The van der Waals surface area contributed by atoms with E-state index < -0.39 is 0 Å². The van der Waals surface area contributed by atoms with Crippen LogP contribution in [0.1, 0.15) is 16.1 Å². The summed E-state index contributed by atoms with van der Waals surface area (Å²) in [5.41, 5.74) is 6.77. The minimum Gasteiger partial charge on any atom is -0.365 e. The molecule has 0 spiro atoms. The van der Waals surface area contributed by atoms with Crippen LogP contribution >= 0.6 is 0 Å². The predicted octanol–water partition coefficient (Wildman–Crippen LogP) is -0.517. The SMILES string of the molecule is Cc1nn(C)c(N2C[C@H]3CNC[C@H]3C2)c1C(N)=O. The van der Waals surface area contributed by atoms with Crippen molar-refractivity contribution in [3.05, 3.63) is 11.3 Å². The maximum absolute atomic E-state index is 11.6. The largest absolute Gasteiger partial charge is 0.365 e. The number of primary amides is 1. The molecule has 2 atom stereocenters. The molecule has 0 aromatic carbocycles. The van der Waals surface area contributed by atoms with Crippen LogP contribution in [-0.4, -0.2) is 41.9 Å². The van der Waals surface area contributed by atoms with E-state index in [1.807, 2.05) is 14.0 Å². The van der Waals surface area contributed by atoms with Gasteiger partial charge in [0.15, 0.2) is 0 Å². The maximum Gasteiger partial charge on any atom is 0.254 e. The van der Waals surface area contributed by atoms with Gasteiger partial charge in [-0.2, -0.15) is 5.10 Å². The Morgan fingerprint density at radius 3 is 2.56 bits per heavy atom. The van der Waals surface area contributed by atoms with Gasteiger partial charge in [0.25, 0.3) is 5.91 Å². The average Bonchev–Trinajstić information content (AvgIpc) is 2.89. The second-order valence-corrected chi connectivity index (χ2v) is 5.36. The van der Waals surface area contributed by atoms with Gasteiger partial charge in [0.05, 0.1) is 5.69 Å². The summed E-state index contributed by atoms with van der Waals surface area (Å²) < 4.78 is 1.78. The Labute approximate surface area is 106 Å². The van der Waals surface area contributed by atoms with Gasteiger partial charge < -0.3 is 16.0 Å². The molecule has 2 fully saturated rings. The molecular weight excluding hydrogens is 230 g/mol. The quantitative estimate of drug-likeness (QED) is 0.739. The van der Waals surface area contributed by atoms with Crippen molar-refractivity contribution in [2.75, 3.05) is 31.1 Å². The molecule has 6 heteroatoms. The molecule has 1 aromatic rings. The van der Waals surface area contributed by atoms with E-state index in [1.165, 1.54) is 0 Å². The van der Waals surface area contributed by atoms with Crippen molar-refractivity contribution in [2.45, 2.75) is 6.92 Å². The summed E-state index contributed by atoms with van der Waals surface area (Å²) in [7, 11) is 1.88. The van der Waals surface area contributed by atoms with Gasteiger partial charge in [0.2, 0.25) is 0 Å². The van der Waals surface area contributed by atoms with E-state index in [4.69, 9.17) is 5.73 Å². The number of amides is 1. The topological polar surface area (TPSA) is 76.2 Å². The zero-order valence-corrected chi connectivity index (χ0v) is 10.8. The van der Waals surface area contributed by atoms with Crippen molar-refractivity contribution in [2.24, 2.45) is 24.6 Å². The van der Waals surface area contributed by atoms with Gasteiger partial charge in [-0.1, -0.05) is 0 Å². The first-order chi connectivity index (χ1) is 8.58. The van der Waals surface area contributed by atoms with E-state index in [-0.39, 0.29) is 5.91 Å². The van der Waals surface area contributed by atoms with E-state index in [1.54, 1.807) is 4.68 Å². The summed E-state index contributed by atoms with van der Waals surface area (Å²) in [5, 5.41) is 7.74. The number of anilines is 1. The van der Waals surface area contributed by atoms with Gasteiger partial charge in [-0.25, -0.2) is 0 Å². The number of rotatable bonds is 2. The first-order valence-corrected chi connectivity index (χ1v) is 6.37. The van der Waals surface area contributed by atoms with Crippen molar-refractivity contribution in [1.82, 2.24) is 15.1 Å². The highest BCUT2D eigenvalue weighted by molar-refractivity contribution is 5.99. The minimum absolute atomic E-state index is 0.384. The number of hydrogen-bond acceptors (Lipinski definition) is 4. The zero-order chi connectivity index (χ0) is 12.9. The number of aromatic nitrogens is 2. The van der Waals surface area contributed by atoms with Crippen LogP contribution in [0.15, 0.2) is 0 Å². The Balaban J connectivity index is 1.95. The molecule has 98 valence electrons. The van der Waals surface area contributed by atoms with Crippen LogP contribution < -0.4 is 16.0 Å². The highest BCUT2D eigenvalue weighted by Crippen LogP contribution is 2.32. The number of nitrogens with zero attached hydrogens (tertiary/aromatic N) is 3. The van der Waals surface area contributed by atoms with Crippen molar-refractivity contribution in [3.8, 4) is 0 Å². The highest BCUT2D eigenvalue weighted by atomic mass is 16.1. The number of hydrogen-bond donors (Lipinski definition) is 2. The zero-order valence-electron chi connectivity index (χ0n) is 10.8. The minimum atomic E-state index is -0.384. The summed E-state index contributed by atoms with van der Waals surface area (Å²) in [6, 6.07) is 0. The lowest BCUT2D eigenvalue weighted by Crippen LogP contribution is -2.29. The second kappa shape index (κ2) is 3.98. The predicted molar refractivity (Wildman–Crippen MR) is 68.5 cm³/mol. The molecule has 1 amide bonds. The Morgan fingerprint density at radius 2 is 2.00 bits per heavy atom. The van der Waals surface area contributed by atoms with Gasteiger partial charge in [-0.15, -0.1) is 0 Å². The van der Waals surface area contributed by atoms with Gasteiger partial charge in [0.1, 0.15) is 11.4 Å². The first-order valence-electron chi connectivity index (χ1n) is 6.37. The summed E-state index contributed by atoms with van der Waals surface area (Å²) in [5.74, 6) is 1.86. The lowest BCUT2D eigenvalue weighted by atomic mass is 10.0. The fraction of sp³-hybridized carbons (Fsp3) is 0.667. The van der Waals surface area contributed by atoms with Crippen molar-refractivity contribution in [3.63, 3.8) is 0 Å². The summed E-state index contributed by atoms with van der Waals surface area (Å²) in [6.45, 7) is 5.95. The van der Waals surface area contributed by atoms with E-state index >= 15 is 0 Å². The number of carbonyl (C=O) groups excluding carboxylic acids is 1. The molecule has 2 saturated heterocycles. The van der Waals surface area contributed by atoms with Gasteiger partial charge in [-0.3, -0.25) is 9.48 Å². The summed E-state index contributed by atoms with van der Waals surface area (Å²) >= 11 is 0. The van der Waals surface area contributed by atoms with Gasteiger partial charge in [-0.05, 0) is 18.8 Å². The third-order valence-electron chi connectivity index (χ3n) is 4.13. The molecule has 0 aliphatic carbocycles. The van der Waals surface area contributed by atoms with Crippen LogP contribution in [0.3, 0.4) is 0 Å². The summed E-state index contributed by atoms with van der Waals surface area (Å²) in [4.78, 5) is 13.8. The van der Waals surface area contributed by atoms with Crippen molar-refractivity contribution in [1.29, 1.82) is 0 Å². The number of carbonyl (C=O) groups is 1. The lowest BCUT2D eigenvalue weighted by Gasteiger charge is -2.20. The van der Waals surface area contributed by atoms with Crippen LogP contribution in [0, 0.1) is 18.8 Å². The third kappa shape index (κ3) is 1.59. The second-order valence-electron chi connectivity index (χ2n) is 5.36. The molecule has 18 heavy (non-hydrogen) atoms. The van der Waals surface area contributed by atoms with E-state index in [2.05, 4.69) is 15.3 Å². The lowest BCUT2D eigenvalue weighted by molar-refractivity contribution is 0.1000. The molecular formula is C12H19N5O. The normalized spacial score (nSPS) is 26.7. The molecule has 6 nitrogen and oxygen atoms in total. The molecule has 1 aromatic heterocycles. The van der Waals surface area contributed by atoms with Crippen LogP contribution in [-0.2, 0) is 7.05 Å². The molecule has 3 N–H and O–H groups in total. The molecule has 3 heterocycles. The molecule has 0 bridgehead atoms. The Kier molecular flexibility index (Phi) is 2.55. The number of aryl methyl sites for hydroxylation is 2. The molecule has 0 saturated carbocycles. The molecule has 0 radical (unpaired) electrons. The van der Waals surface area contributed by atoms with Crippen LogP contribution in [0.2, 0.25) is 0 Å². The molecule has 3 rings (SSSR count). The van der Waals surface area contributed by atoms with Crippen molar-refractivity contribution >= 4 is 11.7 Å². The standard InChI is InChI=1S/C12H19N5O/c1-7-10(11(13)18)12(16(2)15-7)17-5-8-3-14-4-9(8)6-17/h8-9,14H,3-6H2,1-2H3,(H2,13,18)/t8-,9+. The monoisotopic (exact) mass is 249 g/mol. The average molecular weight is 249 g/mol. The summed E-state index contributed by atoms with van der Waals surface area (Å²) in [6.07, 6.45) is 0. The van der Waals surface area contributed by atoms with E-state index in [0.717, 1.165) is 37.7 Å². The Bertz CT molecular complexity index is 483. The molecule has 2 aliphatic heterocycles.